The minimum atomic E-state index is -0.616. The van der Waals surface area contributed by atoms with Gasteiger partial charge in [-0.05, 0) is 35.5 Å². The van der Waals surface area contributed by atoms with Crippen LogP contribution in [-0.4, -0.2) is 47.2 Å². The first-order chi connectivity index (χ1) is 13.5. The summed E-state index contributed by atoms with van der Waals surface area (Å²) in [6.45, 7) is 1.74. The van der Waals surface area contributed by atoms with Crippen molar-refractivity contribution in [2.75, 3.05) is 5.01 Å². The Kier molecular flexibility index (Phi) is 4.57. The first-order valence-corrected chi connectivity index (χ1v) is 9.08. The van der Waals surface area contributed by atoms with Crippen molar-refractivity contribution in [3.05, 3.63) is 59.5 Å². The quantitative estimate of drug-likeness (QED) is 0.658. The smallest absolute Gasteiger partial charge is 0.271 e. The van der Waals surface area contributed by atoms with Gasteiger partial charge >= 0.3 is 5.69 Å². The topological polar surface area (TPSA) is 117 Å². The van der Waals surface area contributed by atoms with E-state index in [1.54, 1.807) is 23.7 Å². The largest absolute Gasteiger partial charge is 0.318 e. The molecule has 0 fully saturated rings. The molecule has 1 aromatic heterocycles. The molecule has 0 bridgehead atoms. The van der Waals surface area contributed by atoms with E-state index in [2.05, 4.69) is 20.6 Å². The summed E-state index contributed by atoms with van der Waals surface area (Å²) in [5, 5.41) is 26.1. The van der Waals surface area contributed by atoms with E-state index in [9.17, 15) is 9.70 Å². The Balaban J connectivity index is 1.60. The summed E-state index contributed by atoms with van der Waals surface area (Å²) in [5.41, 5.74) is 1.73. The Morgan fingerprint density at radius 1 is 1.11 bits per heavy atom. The molecule has 4 rings (SSSR count). The van der Waals surface area contributed by atoms with Gasteiger partial charge in [-0.25, -0.2) is 5.21 Å². The van der Waals surface area contributed by atoms with Gasteiger partial charge in [0.15, 0.2) is 0 Å². The van der Waals surface area contributed by atoms with Gasteiger partial charge in [0.1, 0.15) is 5.25 Å². The zero-order valence-electron chi connectivity index (χ0n) is 14.6. The summed E-state index contributed by atoms with van der Waals surface area (Å²) in [6.07, 6.45) is 0. The Morgan fingerprint density at radius 3 is 2.61 bits per heavy atom. The Labute approximate surface area is 163 Å². The van der Waals surface area contributed by atoms with Crippen molar-refractivity contribution >= 4 is 34.8 Å². The molecule has 10 nitrogen and oxygen atoms in total. The molecule has 1 unspecified atom stereocenters. The van der Waals surface area contributed by atoms with Crippen LogP contribution in [0.2, 0.25) is 0 Å². The normalized spacial score (nSPS) is 16.3. The summed E-state index contributed by atoms with van der Waals surface area (Å²) >= 11 is 1.19. The fourth-order valence-electron chi connectivity index (χ4n) is 2.70. The average molecular weight is 396 g/mol. The zero-order valence-corrected chi connectivity index (χ0v) is 15.4. The number of tetrazole rings is 1. The number of nitrogens with zero attached hydrogens (tertiary/aromatic N) is 7. The summed E-state index contributed by atoms with van der Waals surface area (Å²) in [6, 6.07) is 15.3. The highest BCUT2D eigenvalue weighted by atomic mass is 32.2. The van der Waals surface area contributed by atoms with Gasteiger partial charge in [-0.2, -0.15) is 14.8 Å². The summed E-state index contributed by atoms with van der Waals surface area (Å²) in [4.78, 5) is 23.8. The average Bonchev–Trinajstić information content (AvgIpc) is 3.29. The maximum absolute atomic E-state index is 12.9. The van der Waals surface area contributed by atoms with E-state index in [0.29, 0.717) is 16.6 Å². The number of thioether (sulfide) groups is 1. The number of para-hydroxylation sites is 1. The molecule has 1 aliphatic heterocycles. The monoisotopic (exact) mass is 396 g/mol. The van der Waals surface area contributed by atoms with Crippen molar-refractivity contribution in [1.82, 2.24) is 20.2 Å². The predicted molar refractivity (Wildman–Crippen MR) is 101 cm³/mol. The lowest BCUT2D eigenvalue weighted by Gasteiger charge is -2.13. The standard InChI is InChI=1S/C17H14N7O3S/c1-11-15(28-17-18-20-21-23(17)12-6-3-2-4-7-12)16(25)22(19-11)13-8-5-9-14(10-13)24(26)27/h2-10,15H,1H3,(H,26,27)/q+1. The molecule has 0 spiro atoms. The number of benzene rings is 2. The second-order valence-electron chi connectivity index (χ2n) is 5.89. The van der Waals surface area contributed by atoms with Gasteiger partial charge in [0.2, 0.25) is 5.16 Å². The maximum atomic E-state index is 12.9. The minimum absolute atomic E-state index is 0.00211. The van der Waals surface area contributed by atoms with Gasteiger partial charge in [-0.1, -0.05) is 36.0 Å². The number of hydrogen-bond donors (Lipinski definition) is 1. The van der Waals surface area contributed by atoms with E-state index < -0.39 is 5.25 Å². The first kappa shape index (κ1) is 17.8. The first-order valence-electron chi connectivity index (χ1n) is 8.20. The number of aromatic nitrogens is 4. The van der Waals surface area contributed by atoms with Crippen LogP contribution in [0, 0.1) is 4.91 Å². The molecule has 1 aliphatic rings. The Morgan fingerprint density at radius 2 is 1.86 bits per heavy atom. The highest BCUT2D eigenvalue weighted by Crippen LogP contribution is 2.32. The molecule has 140 valence electrons. The molecule has 1 N–H and O–H groups in total. The van der Waals surface area contributed by atoms with Gasteiger partial charge in [-0.15, -0.1) is 5.10 Å². The molecule has 11 heteroatoms. The van der Waals surface area contributed by atoms with Gasteiger partial charge in [-0.3, -0.25) is 4.79 Å². The van der Waals surface area contributed by atoms with E-state index in [0.717, 1.165) is 5.69 Å². The predicted octanol–water partition coefficient (Wildman–Crippen LogP) is 2.35. The molecule has 2 aromatic carbocycles. The number of anilines is 1. The van der Waals surface area contributed by atoms with Crippen molar-refractivity contribution < 1.29 is 14.9 Å². The second-order valence-corrected chi connectivity index (χ2v) is 6.96. The van der Waals surface area contributed by atoms with Gasteiger partial charge < -0.3 is 0 Å². The molecule has 0 aliphatic carbocycles. The summed E-state index contributed by atoms with van der Waals surface area (Å²) in [7, 11) is 0. The lowest BCUT2D eigenvalue weighted by Crippen LogP contribution is -2.29. The van der Waals surface area contributed by atoms with Crippen LogP contribution in [0.3, 0.4) is 0 Å². The third kappa shape index (κ3) is 3.22. The number of amides is 1. The molecule has 0 saturated carbocycles. The fraction of sp³-hybridized carbons (Fsp3) is 0.118. The molecule has 28 heavy (non-hydrogen) atoms. The van der Waals surface area contributed by atoms with Crippen molar-refractivity contribution in [3.8, 4) is 5.69 Å². The number of hydrazone groups is 1. The number of hydrogen-bond acceptors (Lipinski definition) is 7. The van der Waals surface area contributed by atoms with Crippen molar-refractivity contribution in [1.29, 1.82) is 0 Å². The summed E-state index contributed by atoms with van der Waals surface area (Å²) in [5.74, 6) is -0.294. The van der Waals surface area contributed by atoms with E-state index in [1.807, 2.05) is 30.3 Å². The highest BCUT2D eigenvalue weighted by Gasteiger charge is 2.37. The van der Waals surface area contributed by atoms with Gasteiger partial charge in [0.25, 0.3) is 10.8 Å². The molecule has 1 amide bonds. The molecule has 0 saturated heterocycles. The second kappa shape index (κ2) is 7.19. The van der Waals surface area contributed by atoms with Crippen LogP contribution < -0.4 is 5.01 Å². The minimum Gasteiger partial charge on any atom is -0.271 e. The summed E-state index contributed by atoms with van der Waals surface area (Å²) < 4.78 is 1.55. The van der Waals surface area contributed by atoms with Crippen LogP contribution in [0.15, 0.2) is 64.9 Å². The van der Waals surface area contributed by atoms with Crippen molar-refractivity contribution in [3.63, 3.8) is 0 Å². The molecule has 1 atom stereocenters. The van der Waals surface area contributed by atoms with E-state index in [1.165, 1.54) is 28.9 Å². The zero-order chi connectivity index (χ0) is 19.7. The third-order valence-corrected chi connectivity index (χ3v) is 5.27. The molecular formula is C17H14N7O3S+. The van der Waals surface area contributed by atoms with Crippen LogP contribution in [0.1, 0.15) is 6.92 Å². The fourth-order valence-corrected chi connectivity index (χ4v) is 3.66. The van der Waals surface area contributed by atoms with Crippen LogP contribution in [0.25, 0.3) is 5.69 Å². The number of carbonyl (C=O) groups excluding carboxylic acids is 1. The van der Waals surface area contributed by atoms with Crippen LogP contribution in [0.4, 0.5) is 11.4 Å². The lowest BCUT2D eigenvalue weighted by molar-refractivity contribution is -0.729. The molecule has 3 aromatic rings. The maximum Gasteiger partial charge on any atom is 0.318 e. The van der Waals surface area contributed by atoms with Crippen molar-refractivity contribution in [2.45, 2.75) is 17.3 Å². The van der Waals surface area contributed by atoms with Gasteiger partial charge in [0.05, 0.1) is 22.0 Å². The lowest BCUT2D eigenvalue weighted by atomic mass is 10.2. The number of carbonyl (C=O) groups is 1. The highest BCUT2D eigenvalue weighted by molar-refractivity contribution is 8.01. The van der Waals surface area contributed by atoms with E-state index in [-0.39, 0.29) is 16.5 Å². The van der Waals surface area contributed by atoms with E-state index >= 15 is 0 Å². The van der Waals surface area contributed by atoms with Gasteiger partial charge in [0, 0.05) is 12.1 Å². The third-order valence-electron chi connectivity index (χ3n) is 4.03. The van der Waals surface area contributed by atoms with Crippen LogP contribution in [-0.2, 0) is 4.79 Å². The molecular weight excluding hydrogens is 382 g/mol. The SMILES string of the molecule is CC1=NN(c2cccc([N+](=O)O)c2)C(=O)C1Sc1nnnn1-c1ccccc1. The molecule has 0 radical (unpaired) electrons. The molecule has 2 heterocycles. The Bertz CT molecular complexity index is 1080. The van der Waals surface area contributed by atoms with Crippen LogP contribution in [0.5, 0.6) is 0 Å². The van der Waals surface area contributed by atoms with Crippen molar-refractivity contribution in [2.24, 2.45) is 5.10 Å². The number of rotatable bonds is 5. The van der Waals surface area contributed by atoms with E-state index in [4.69, 9.17) is 5.21 Å². The Hall–Kier alpha value is -3.60. The van der Waals surface area contributed by atoms with Crippen LogP contribution >= 0.6 is 11.8 Å².